The molecule has 2 rings (SSSR count). The molecule has 0 bridgehead atoms. The lowest BCUT2D eigenvalue weighted by molar-refractivity contribution is 0.886. The molecule has 1 aromatic carbocycles. The molecule has 0 saturated heterocycles. The number of rotatable bonds is 2. The van der Waals surface area contributed by atoms with E-state index in [9.17, 15) is 0 Å². The maximum absolute atomic E-state index is 9.04. The first kappa shape index (κ1) is 11.0. The molecule has 3 heteroatoms. The van der Waals surface area contributed by atoms with Crippen molar-refractivity contribution in [3.8, 4) is 12.1 Å². The molecular weight excluding hydrogens is 216 g/mol. The lowest BCUT2D eigenvalue weighted by Gasteiger charge is -2.11. The van der Waals surface area contributed by atoms with Crippen LogP contribution in [0.1, 0.15) is 36.8 Å². The molecule has 0 atom stereocenters. The first-order valence-corrected chi connectivity index (χ1v) is 6.33. The maximum atomic E-state index is 9.04. The van der Waals surface area contributed by atoms with Gasteiger partial charge in [-0.25, -0.2) is 0 Å². The van der Waals surface area contributed by atoms with Gasteiger partial charge >= 0.3 is 0 Å². The van der Waals surface area contributed by atoms with Crippen molar-refractivity contribution >= 4 is 11.8 Å². The summed E-state index contributed by atoms with van der Waals surface area (Å²) in [5.41, 5.74) is 1.27. The van der Waals surface area contributed by atoms with Gasteiger partial charge in [0.1, 0.15) is 12.1 Å². The number of hydrogen-bond acceptors (Lipinski definition) is 3. The average Bonchev–Trinajstić information content (AvgIpc) is 2.82. The van der Waals surface area contributed by atoms with Gasteiger partial charge in [-0.2, -0.15) is 10.5 Å². The highest BCUT2D eigenvalue weighted by molar-refractivity contribution is 8.00. The van der Waals surface area contributed by atoms with Gasteiger partial charge in [-0.3, -0.25) is 0 Å². The van der Waals surface area contributed by atoms with Gasteiger partial charge in [0.2, 0.25) is 0 Å². The van der Waals surface area contributed by atoms with E-state index in [1.54, 1.807) is 30.0 Å². The van der Waals surface area contributed by atoms with Crippen molar-refractivity contribution in [3.63, 3.8) is 0 Å². The number of nitrogens with zero attached hydrogens (tertiary/aromatic N) is 2. The molecule has 1 aliphatic rings. The summed E-state index contributed by atoms with van der Waals surface area (Å²) in [6.07, 6.45) is 4.95. The Labute approximate surface area is 99.9 Å². The third-order valence-corrected chi connectivity index (χ3v) is 4.32. The highest BCUT2D eigenvalue weighted by atomic mass is 32.2. The third kappa shape index (κ3) is 2.21. The van der Waals surface area contributed by atoms with Crippen molar-refractivity contribution in [2.45, 2.75) is 35.8 Å². The van der Waals surface area contributed by atoms with Crippen LogP contribution in [0.2, 0.25) is 0 Å². The summed E-state index contributed by atoms with van der Waals surface area (Å²) >= 11 is 1.71. The van der Waals surface area contributed by atoms with Crippen LogP contribution < -0.4 is 0 Å². The van der Waals surface area contributed by atoms with Crippen LogP contribution in [0, 0.1) is 22.7 Å². The standard InChI is InChI=1S/C13H12N2S/c14-8-10-4-3-5-11(9-15)13(10)16-12-6-1-2-7-12/h3-5,12H,1-2,6-7H2. The fourth-order valence-corrected chi connectivity index (χ4v) is 3.40. The lowest BCUT2D eigenvalue weighted by Crippen LogP contribution is -1.96. The van der Waals surface area contributed by atoms with Crippen molar-refractivity contribution in [2.75, 3.05) is 0 Å². The number of nitriles is 2. The summed E-state index contributed by atoms with van der Waals surface area (Å²) in [5.74, 6) is 0. The molecular formula is C13H12N2S. The van der Waals surface area contributed by atoms with Gasteiger partial charge in [0.05, 0.1) is 11.1 Å². The van der Waals surface area contributed by atoms with Gasteiger partial charge in [0.25, 0.3) is 0 Å². The molecule has 2 nitrogen and oxygen atoms in total. The molecule has 0 N–H and O–H groups in total. The minimum Gasteiger partial charge on any atom is -0.192 e. The van der Waals surface area contributed by atoms with E-state index >= 15 is 0 Å². The molecule has 0 spiro atoms. The van der Waals surface area contributed by atoms with E-state index in [2.05, 4.69) is 12.1 Å². The van der Waals surface area contributed by atoms with Gasteiger partial charge in [-0.05, 0) is 25.0 Å². The summed E-state index contributed by atoms with van der Waals surface area (Å²) in [7, 11) is 0. The van der Waals surface area contributed by atoms with Crippen LogP contribution in [-0.2, 0) is 0 Å². The van der Waals surface area contributed by atoms with Crippen LogP contribution in [0.5, 0.6) is 0 Å². The highest BCUT2D eigenvalue weighted by Crippen LogP contribution is 2.37. The van der Waals surface area contributed by atoms with E-state index in [0.29, 0.717) is 16.4 Å². The predicted molar refractivity (Wildman–Crippen MR) is 64.0 cm³/mol. The molecule has 80 valence electrons. The van der Waals surface area contributed by atoms with Crippen LogP contribution in [0.25, 0.3) is 0 Å². The van der Waals surface area contributed by atoms with E-state index in [1.165, 1.54) is 25.7 Å². The number of hydrogen-bond donors (Lipinski definition) is 0. The Hall–Kier alpha value is -1.45. The van der Waals surface area contributed by atoms with Crippen molar-refractivity contribution < 1.29 is 0 Å². The summed E-state index contributed by atoms with van der Waals surface area (Å²) < 4.78 is 0. The topological polar surface area (TPSA) is 47.6 Å². The van der Waals surface area contributed by atoms with Gasteiger partial charge in [0, 0.05) is 10.1 Å². The number of thioether (sulfide) groups is 1. The Morgan fingerprint density at radius 2 is 1.62 bits per heavy atom. The zero-order valence-corrected chi connectivity index (χ0v) is 9.76. The van der Waals surface area contributed by atoms with E-state index in [-0.39, 0.29) is 0 Å². The van der Waals surface area contributed by atoms with E-state index < -0.39 is 0 Å². The monoisotopic (exact) mass is 228 g/mol. The van der Waals surface area contributed by atoms with E-state index in [1.807, 2.05) is 0 Å². The molecule has 0 unspecified atom stereocenters. The molecule has 0 amide bonds. The van der Waals surface area contributed by atoms with Crippen molar-refractivity contribution in [1.29, 1.82) is 10.5 Å². The van der Waals surface area contributed by atoms with E-state index in [4.69, 9.17) is 10.5 Å². The smallest absolute Gasteiger partial charge is 0.100 e. The fourth-order valence-electron chi connectivity index (χ4n) is 2.01. The van der Waals surface area contributed by atoms with Crippen molar-refractivity contribution in [3.05, 3.63) is 29.3 Å². The zero-order chi connectivity index (χ0) is 11.4. The molecule has 0 radical (unpaired) electrons. The van der Waals surface area contributed by atoms with Gasteiger partial charge in [-0.1, -0.05) is 18.9 Å². The molecule has 1 fully saturated rings. The highest BCUT2D eigenvalue weighted by Gasteiger charge is 2.19. The normalized spacial score (nSPS) is 15.6. The molecule has 0 aromatic heterocycles. The third-order valence-electron chi connectivity index (χ3n) is 2.84. The summed E-state index contributed by atoms with van der Waals surface area (Å²) in [5, 5.41) is 18.7. The molecule has 1 aliphatic carbocycles. The molecule has 0 heterocycles. The largest absolute Gasteiger partial charge is 0.192 e. The Morgan fingerprint density at radius 3 is 2.12 bits per heavy atom. The van der Waals surface area contributed by atoms with Crippen molar-refractivity contribution in [2.24, 2.45) is 0 Å². The molecule has 0 aliphatic heterocycles. The average molecular weight is 228 g/mol. The second-order valence-electron chi connectivity index (χ2n) is 3.93. The predicted octanol–water partition coefficient (Wildman–Crippen LogP) is 3.46. The number of benzene rings is 1. The van der Waals surface area contributed by atoms with Crippen LogP contribution in [0.4, 0.5) is 0 Å². The minimum absolute atomic E-state index is 0.585. The first-order valence-electron chi connectivity index (χ1n) is 5.45. The van der Waals surface area contributed by atoms with Crippen molar-refractivity contribution in [1.82, 2.24) is 0 Å². The second-order valence-corrected chi connectivity index (χ2v) is 5.24. The van der Waals surface area contributed by atoms with Crippen LogP contribution >= 0.6 is 11.8 Å². The van der Waals surface area contributed by atoms with Crippen LogP contribution in [-0.4, -0.2) is 5.25 Å². The van der Waals surface area contributed by atoms with Gasteiger partial charge in [-0.15, -0.1) is 11.8 Å². The Kier molecular flexibility index (Phi) is 3.49. The minimum atomic E-state index is 0.585. The summed E-state index contributed by atoms with van der Waals surface area (Å²) in [6.45, 7) is 0. The fraction of sp³-hybridized carbons (Fsp3) is 0.385. The van der Waals surface area contributed by atoms with Gasteiger partial charge < -0.3 is 0 Å². The Bertz CT molecular complexity index is 430. The lowest BCUT2D eigenvalue weighted by atomic mass is 10.1. The zero-order valence-electron chi connectivity index (χ0n) is 8.94. The van der Waals surface area contributed by atoms with Crippen LogP contribution in [0.15, 0.2) is 23.1 Å². The van der Waals surface area contributed by atoms with Gasteiger partial charge in [0.15, 0.2) is 0 Å². The molecule has 1 saturated carbocycles. The van der Waals surface area contributed by atoms with E-state index in [0.717, 1.165) is 4.90 Å². The Balaban J connectivity index is 2.30. The SMILES string of the molecule is N#Cc1cccc(C#N)c1SC1CCCC1. The Morgan fingerprint density at radius 1 is 1.06 bits per heavy atom. The maximum Gasteiger partial charge on any atom is 0.100 e. The summed E-state index contributed by atoms with van der Waals surface area (Å²) in [4.78, 5) is 0.874. The first-order chi connectivity index (χ1) is 7.85. The van der Waals surface area contributed by atoms with Crippen LogP contribution in [0.3, 0.4) is 0 Å². The molecule has 1 aromatic rings. The molecule has 16 heavy (non-hydrogen) atoms. The quantitative estimate of drug-likeness (QED) is 0.778. The summed E-state index contributed by atoms with van der Waals surface area (Å²) in [6, 6.07) is 9.70. The second kappa shape index (κ2) is 5.05.